The summed E-state index contributed by atoms with van der Waals surface area (Å²) in [6.45, 7) is 5.78. The molecule has 0 aliphatic carbocycles. The van der Waals surface area contributed by atoms with E-state index in [-0.39, 0.29) is 12.3 Å². The predicted octanol–water partition coefficient (Wildman–Crippen LogP) is 2.53. The highest BCUT2D eigenvalue weighted by Gasteiger charge is 2.49. The number of hydrogen-bond acceptors (Lipinski definition) is 5. The molecule has 0 radical (unpaired) electrons. The molecule has 0 saturated carbocycles. The smallest absolute Gasteiger partial charge is 0.317 e. The Bertz CT molecular complexity index is 716. The summed E-state index contributed by atoms with van der Waals surface area (Å²) in [7, 11) is 0. The molecule has 2 fully saturated rings. The molecule has 6 nitrogen and oxygen atoms in total. The fraction of sp³-hybridized carbons (Fsp3) is 0.579. The first-order valence-corrected chi connectivity index (χ1v) is 10.0. The third-order valence-corrected chi connectivity index (χ3v) is 6.30. The summed E-state index contributed by atoms with van der Waals surface area (Å²) in [6.07, 6.45) is 2.10. The molecule has 1 N–H and O–H groups in total. The van der Waals surface area contributed by atoms with E-state index in [4.69, 9.17) is 28.3 Å². The second-order valence-electron chi connectivity index (χ2n) is 7.21. The maximum atomic E-state index is 13.1. The first-order chi connectivity index (χ1) is 12.9. The molecule has 1 aromatic rings. The number of hydrogen-bond donors (Lipinski definition) is 1. The van der Waals surface area contributed by atoms with Crippen molar-refractivity contribution in [1.82, 2.24) is 14.7 Å². The van der Waals surface area contributed by atoms with Gasteiger partial charge in [0.2, 0.25) is 0 Å². The van der Waals surface area contributed by atoms with Gasteiger partial charge in [-0.15, -0.1) is 0 Å². The van der Waals surface area contributed by atoms with Gasteiger partial charge in [-0.3, -0.25) is 24.3 Å². The number of aliphatic carboxylic acids is 1. The van der Waals surface area contributed by atoms with Crippen molar-refractivity contribution in [3.8, 4) is 0 Å². The Hall–Kier alpha value is -1.18. The number of benzene rings is 1. The molecule has 2 heterocycles. The number of carbonyl (C=O) groups is 2. The van der Waals surface area contributed by atoms with E-state index in [0.717, 1.165) is 31.5 Å². The molecule has 8 heteroatoms. The summed E-state index contributed by atoms with van der Waals surface area (Å²) in [5.74, 6) is -0.778. The van der Waals surface area contributed by atoms with Crippen LogP contribution in [0.2, 0.25) is 10.0 Å². The van der Waals surface area contributed by atoms with E-state index in [0.29, 0.717) is 36.2 Å². The minimum Gasteiger partial charge on any atom is -0.480 e. The highest BCUT2D eigenvalue weighted by molar-refractivity contribution is 6.42. The van der Waals surface area contributed by atoms with Crippen molar-refractivity contribution in [2.75, 3.05) is 45.8 Å². The number of Topliss-reactive ketones (excluding diaryl/α,β-unsaturated/α-hetero) is 1. The molecule has 1 unspecified atom stereocenters. The van der Waals surface area contributed by atoms with Crippen LogP contribution in [0.1, 0.15) is 25.3 Å². The third-order valence-electron chi connectivity index (χ3n) is 5.57. The fourth-order valence-corrected chi connectivity index (χ4v) is 4.69. The summed E-state index contributed by atoms with van der Waals surface area (Å²) in [5.41, 5.74) is -0.0574. The summed E-state index contributed by atoms with van der Waals surface area (Å²) in [4.78, 5) is 30.5. The number of ketones is 1. The summed E-state index contributed by atoms with van der Waals surface area (Å²) >= 11 is 12.4. The van der Waals surface area contributed by atoms with Crippen molar-refractivity contribution in [3.63, 3.8) is 0 Å². The standard InChI is InChI=1S/C19H25Cl2N3O3/c1-14(25)19(23-6-2-3-7-23,15-4-5-16(20)17(21)12-15)24-10-8-22(9-11-24)13-18(26)27/h4-5,12H,2-3,6-11,13H2,1H3,(H,26,27). The molecule has 2 aliphatic heterocycles. The van der Waals surface area contributed by atoms with Crippen molar-refractivity contribution in [2.45, 2.75) is 25.4 Å². The van der Waals surface area contributed by atoms with Gasteiger partial charge in [0.15, 0.2) is 11.4 Å². The normalized spacial score (nSPS) is 21.9. The van der Waals surface area contributed by atoms with Crippen LogP contribution in [-0.4, -0.2) is 77.4 Å². The van der Waals surface area contributed by atoms with Gasteiger partial charge < -0.3 is 5.11 Å². The molecule has 1 atom stereocenters. The maximum absolute atomic E-state index is 13.1. The molecule has 1 aromatic carbocycles. The maximum Gasteiger partial charge on any atom is 0.317 e. The van der Waals surface area contributed by atoms with Crippen LogP contribution in [0.3, 0.4) is 0 Å². The van der Waals surface area contributed by atoms with Gasteiger partial charge in [-0.2, -0.15) is 0 Å². The van der Waals surface area contributed by atoms with Crippen molar-refractivity contribution in [3.05, 3.63) is 33.8 Å². The van der Waals surface area contributed by atoms with Crippen LogP contribution in [0.4, 0.5) is 0 Å². The Morgan fingerprint density at radius 1 is 1.00 bits per heavy atom. The molecule has 3 rings (SSSR count). The quantitative estimate of drug-likeness (QED) is 0.772. The van der Waals surface area contributed by atoms with E-state index in [1.807, 2.05) is 11.0 Å². The Morgan fingerprint density at radius 2 is 1.59 bits per heavy atom. The molecule has 148 valence electrons. The van der Waals surface area contributed by atoms with Gasteiger partial charge in [0, 0.05) is 39.3 Å². The van der Waals surface area contributed by atoms with Gasteiger partial charge in [-0.05, 0) is 37.5 Å². The topological polar surface area (TPSA) is 64.1 Å². The second kappa shape index (κ2) is 8.45. The molecule has 2 saturated heterocycles. The summed E-state index contributed by atoms with van der Waals surface area (Å²) in [6, 6.07) is 5.43. The summed E-state index contributed by atoms with van der Waals surface area (Å²) < 4.78 is 0. The number of halogens is 2. The van der Waals surface area contributed by atoms with Crippen LogP contribution in [0.5, 0.6) is 0 Å². The SMILES string of the molecule is CC(=O)C(c1ccc(Cl)c(Cl)c1)(N1CCCC1)N1CCN(CC(=O)O)CC1. The van der Waals surface area contributed by atoms with E-state index in [9.17, 15) is 9.59 Å². The van der Waals surface area contributed by atoms with Gasteiger partial charge >= 0.3 is 5.97 Å². The third kappa shape index (κ3) is 4.00. The minimum atomic E-state index is -0.889. The van der Waals surface area contributed by atoms with E-state index in [1.165, 1.54) is 0 Å². The largest absolute Gasteiger partial charge is 0.480 e. The van der Waals surface area contributed by atoms with E-state index in [1.54, 1.807) is 19.1 Å². The average Bonchev–Trinajstić information content (AvgIpc) is 3.14. The average molecular weight is 414 g/mol. The second-order valence-corrected chi connectivity index (χ2v) is 8.02. The zero-order valence-corrected chi connectivity index (χ0v) is 17.0. The van der Waals surface area contributed by atoms with Crippen molar-refractivity contribution >= 4 is 35.0 Å². The first-order valence-electron chi connectivity index (χ1n) is 9.26. The number of carboxylic acid groups (broad SMARTS) is 1. The van der Waals surface area contributed by atoms with E-state index in [2.05, 4.69) is 9.80 Å². The Balaban J connectivity index is 1.98. The summed E-state index contributed by atoms with van der Waals surface area (Å²) in [5, 5.41) is 9.94. The molecule has 0 amide bonds. The van der Waals surface area contributed by atoms with Crippen LogP contribution in [0.15, 0.2) is 18.2 Å². The zero-order valence-electron chi connectivity index (χ0n) is 15.5. The van der Waals surface area contributed by atoms with Gasteiger partial charge in [0.05, 0.1) is 16.6 Å². The lowest BCUT2D eigenvalue weighted by atomic mass is 9.90. The molecule has 0 bridgehead atoms. The predicted molar refractivity (Wildman–Crippen MR) is 105 cm³/mol. The monoisotopic (exact) mass is 413 g/mol. The lowest BCUT2D eigenvalue weighted by molar-refractivity contribution is -0.150. The van der Waals surface area contributed by atoms with Gasteiger partial charge in [0.25, 0.3) is 0 Å². The number of rotatable bonds is 6. The van der Waals surface area contributed by atoms with E-state index < -0.39 is 11.6 Å². The van der Waals surface area contributed by atoms with Crippen LogP contribution >= 0.6 is 23.2 Å². The van der Waals surface area contributed by atoms with Crippen molar-refractivity contribution in [1.29, 1.82) is 0 Å². The molecular formula is C19H25Cl2N3O3. The van der Waals surface area contributed by atoms with E-state index >= 15 is 0 Å². The Labute approximate surface area is 169 Å². The van der Waals surface area contributed by atoms with Gasteiger partial charge in [-0.25, -0.2) is 0 Å². The number of carboxylic acids is 1. The first kappa shape index (κ1) is 20.6. The molecular weight excluding hydrogens is 389 g/mol. The van der Waals surface area contributed by atoms with Crippen LogP contribution in [0.25, 0.3) is 0 Å². The lowest BCUT2D eigenvalue weighted by Gasteiger charge is -2.51. The fourth-order valence-electron chi connectivity index (χ4n) is 4.39. The number of piperazine rings is 1. The van der Waals surface area contributed by atoms with Crippen LogP contribution in [-0.2, 0) is 15.3 Å². The molecule has 0 spiro atoms. The van der Waals surface area contributed by atoms with Gasteiger partial charge in [0.1, 0.15) is 0 Å². The highest BCUT2D eigenvalue weighted by atomic mass is 35.5. The lowest BCUT2D eigenvalue weighted by Crippen LogP contribution is -2.65. The number of carbonyl (C=O) groups excluding carboxylic acids is 1. The highest BCUT2D eigenvalue weighted by Crippen LogP contribution is 2.39. The van der Waals surface area contributed by atoms with Gasteiger partial charge in [-0.1, -0.05) is 29.3 Å². The molecule has 27 heavy (non-hydrogen) atoms. The van der Waals surface area contributed by atoms with Crippen LogP contribution < -0.4 is 0 Å². The zero-order chi connectivity index (χ0) is 19.6. The minimum absolute atomic E-state index is 0.0252. The van der Waals surface area contributed by atoms with Crippen LogP contribution in [0, 0.1) is 0 Å². The number of nitrogens with zero attached hydrogens (tertiary/aromatic N) is 3. The Kier molecular flexibility index (Phi) is 6.43. The molecule has 2 aliphatic rings. The molecule has 0 aromatic heterocycles. The Morgan fingerprint density at radius 3 is 2.11 bits per heavy atom. The van der Waals surface area contributed by atoms with Crippen molar-refractivity contribution in [2.24, 2.45) is 0 Å². The van der Waals surface area contributed by atoms with Crippen molar-refractivity contribution < 1.29 is 14.7 Å². The number of likely N-dealkylation sites (tertiary alicyclic amines) is 1.